The average molecular weight is 249 g/mol. The molecular weight excluding hydrogens is 226 g/mol. The zero-order chi connectivity index (χ0) is 12.8. The fraction of sp³-hybridized carbons (Fsp3) is 0.600. The van der Waals surface area contributed by atoms with Crippen molar-refractivity contribution in [2.75, 3.05) is 26.4 Å². The molecule has 1 aromatic rings. The quantitative estimate of drug-likeness (QED) is 0.865. The molecule has 3 nitrogen and oxygen atoms in total. The highest BCUT2D eigenvalue weighted by Gasteiger charge is 2.24. The van der Waals surface area contributed by atoms with Gasteiger partial charge in [-0.2, -0.15) is 0 Å². The van der Waals surface area contributed by atoms with Crippen LogP contribution in [-0.4, -0.2) is 38.5 Å². The number of aryl methyl sites for hydroxylation is 1. The van der Waals surface area contributed by atoms with Crippen molar-refractivity contribution < 1.29 is 9.47 Å². The Morgan fingerprint density at radius 2 is 2.28 bits per heavy atom. The molecule has 2 rings (SSSR count). The molecule has 1 heterocycles. The van der Waals surface area contributed by atoms with Crippen molar-refractivity contribution in [3.63, 3.8) is 0 Å². The van der Waals surface area contributed by atoms with Crippen LogP contribution >= 0.6 is 0 Å². The van der Waals surface area contributed by atoms with Crippen molar-refractivity contribution in [2.24, 2.45) is 0 Å². The molecule has 1 aliphatic heterocycles. The van der Waals surface area contributed by atoms with Crippen LogP contribution < -0.4 is 5.32 Å². The molecule has 2 unspecified atom stereocenters. The summed E-state index contributed by atoms with van der Waals surface area (Å²) in [5.41, 5.74) is 2.67. The summed E-state index contributed by atoms with van der Waals surface area (Å²) in [6.45, 7) is 7.35. The van der Waals surface area contributed by atoms with Gasteiger partial charge in [0.1, 0.15) is 0 Å². The summed E-state index contributed by atoms with van der Waals surface area (Å²) in [4.78, 5) is 0. The van der Waals surface area contributed by atoms with Crippen molar-refractivity contribution in [3.05, 3.63) is 35.4 Å². The van der Waals surface area contributed by atoms with E-state index in [4.69, 9.17) is 9.47 Å². The minimum Gasteiger partial charge on any atom is -0.376 e. The van der Waals surface area contributed by atoms with Gasteiger partial charge < -0.3 is 14.8 Å². The first-order chi connectivity index (χ1) is 8.79. The van der Waals surface area contributed by atoms with Crippen LogP contribution in [0, 0.1) is 6.92 Å². The van der Waals surface area contributed by atoms with Crippen LogP contribution in [0.2, 0.25) is 0 Å². The molecule has 1 saturated heterocycles. The van der Waals surface area contributed by atoms with Crippen LogP contribution in [0.5, 0.6) is 0 Å². The number of ether oxygens (including phenoxy) is 2. The molecule has 0 radical (unpaired) electrons. The number of nitrogens with one attached hydrogen (secondary N) is 1. The van der Waals surface area contributed by atoms with Crippen molar-refractivity contribution in [2.45, 2.75) is 32.4 Å². The number of hydrogen-bond acceptors (Lipinski definition) is 3. The zero-order valence-electron chi connectivity index (χ0n) is 11.3. The molecule has 100 valence electrons. The Hall–Kier alpha value is -0.900. The van der Waals surface area contributed by atoms with Crippen LogP contribution in [0.4, 0.5) is 0 Å². The second kappa shape index (κ2) is 6.88. The van der Waals surface area contributed by atoms with Crippen molar-refractivity contribution in [3.8, 4) is 0 Å². The normalized spacial score (nSPS) is 21.8. The molecule has 3 heteroatoms. The Bertz CT molecular complexity index is 361. The van der Waals surface area contributed by atoms with E-state index in [1.165, 1.54) is 11.1 Å². The van der Waals surface area contributed by atoms with E-state index < -0.39 is 0 Å². The lowest BCUT2D eigenvalue weighted by molar-refractivity contribution is -0.101. The Balaban J connectivity index is 2.00. The summed E-state index contributed by atoms with van der Waals surface area (Å²) in [5.74, 6) is 0. The predicted molar refractivity (Wildman–Crippen MR) is 72.9 cm³/mol. The van der Waals surface area contributed by atoms with E-state index in [0.29, 0.717) is 19.3 Å². The van der Waals surface area contributed by atoms with Crippen LogP contribution in [0.3, 0.4) is 0 Å². The fourth-order valence-electron chi connectivity index (χ4n) is 2.43. The molecule has 0 saturated carbocycles. The Kier molecular flexibility index (Phi) is 5.17. The van der Waals surface area contributed by atoms with Gasteiger partial charge in [-0.25, -0.2) is 0 Å². The van der Waals surface area contributed by atoms with Gasteiger partial charge in [0, 0.05) is 6.04 Å². The number of likely N-dealkylation sites (N-methyl/N-ethyl adjacent to an activating group) is 1. The topological polar surface area (TPSA) is 30.5 Å². The zero-order valence-corrected chi connectivity index (χ0v) is 11.3. The smallest absolute Gasteiger partial charge is 0.0965 e. The first kappa shape index (κ1) is 13.5. The molecule has 2 atom stereocenters. The van der Waals surface area contributed by atoms with Crippen LogP contribution in [0.1, 0.15) is 18.1 Å². The lowest BCUT2D eigenvalue weighted by Crippen LogP contribution is -2.47. The second-order valence-corrected chi connectivity index (χ2v) is 4.84. The van der Waals surface area contributed by atoms with Gasteiger partial charge in [0.25, 0.3) is 0 Å². The molecule has 1 fully saturated rings. The monoisotopic (exact) mass is 249 g/mol. The van der Waals surface area contributed by atoms with E-state index in [2.05, 4.69) is 43.4 Å². The van der Waals surface area contributed by atoms with Gasteiger partial charge in [-0.3, -0.25) is 0 Å². The molecule has 0 bridgehead atoms. The van der Waals surface area contributed by atoms with Gasteiger partial charge >= 0.3 is 0 Å². The Morgan fingerprint density at radius 1 is 1.39 bits per heavy atom. The van der Waals surface area contributed by atoms with E-state index in [0.717, 1.165) is 19.6 Å². The second-order valence-electron chi connectivity index (χ2n) is 4.84. The van der Waals surface area contributed by atoms with Crippen LogP contribution in [0.15, 0.2) is 24.3 Å². The third-order valence-electron chi connectivity index (χ3n) is 3.29. The van der Waals surface area contributed by atoms with Gasteiger partial charge in [-0.1, -0.05) is 36.8 Å². The third kappa shape index (κ3) is 3.80. The summed E-state index contributed by atoms with van der Waals surface area (Å²) in [7, 11) is 0. The summed E-state index contributed by atoms with van der Waals surface area (Å²) >= 11 is 0. The third-order valence-corrected chi connectivity index (χ3v) is 3.29. The lowest BCUT2D eigenvalue weighted by Gasteiger charge is -2.31. The van der Waals surface area contributed by atoms with Gasteiger partial charge in [-0.05, 0) is 25.5 Å². The summed E-state index contributed by atoms with van der Waals surface area (Å²) < 4.78 is 11.3. The molecule has 1 aromatic carbocycles. The van der Waals surface area contributed by atoms with E-state index >= 15 is 0 Å². The van der Waals surface area contributed by atoms with Crippen LogP contribution in [-0.2, 0) is 15.9 Å². The van der Waals surface area contributed by atoms with Gasteiger partial charge in [0.2, 0.25) is 0 Å². The Morgan fingerprint density at radius 3 is 2.94 bits per heavy atom. The molecule has 0 aliphatic carbocycles. The molecule has 18 heavy (non-hydrogen) atoms. The SMILES string of the molecule is CCNC(Cc1cccc(C)c1)C1COCCO1. The van der Waals surface area contributed by atoms with Crippen molar-refractivity contribution in [1.82, 2.24) is 5.32 Å². The maximum atomic E-state index is 5.81. The average Bonchev–Trinajstić information content (AvgIpc) is 2.39. The molecule has 0 aromatic heterocycles. The molecular formula is C15H23NO2. The summed E-state index contributed by atoms with van der Waals surface area (Å²) in [5, 5.41) is 3.52. The predicted octanol–water partition coefficient (Wildman–Crippen LogP) is 1.93. The van der Waals surface area contributed by atoms with E-state index in [1.807, 2.05) is 0 Å². The number of benzene rings is 1. The summed E-state index contributed by atoms with van der Waals surface area (Å²) in [6, 6.07) is 9.00. The minimum atomic E-state index is 0.166. The highest BCUT2D eigenvalue weighted by atomic mass is 16.6. The van der Waals surface area contributed by atoms with E-state index in [-0.39, 0.29) is 6.10 Å². The fourth-order valence-corrected chi connectivity index (χ4v) is 2.43. The number of hydrogen-bond donors (Lipinski definition) is 1. The van der Waals surface area contributed by atoms with Crippen molar-refractivity contribution >= 4 is 0 Å². The molecule has 0 spiro atoms. The first-order valence-electron chi connectivity index (χ1n) is 6.78. The maximum Gasteiger partial charge on any atom is 0.0965 e. The molecule has 0 amide bonds. The summed E-state index contributed by atoms with van der Waals surface area (Å²) in [6.07, 6.45) is 1.16. The largest absolute Gasteiger partial charge is 0.376 e. The molecule has 1 N–H and O–H groups in total. The van der Waals surface area contributed by atoms with Gasteiger partial charge in [-0.15, -0.1) is 0 Å². The van der Waals surface area contributed by atoms with Gasteiger partial charge in [0.05, 0.1) is 25.9 Å². The standard InChI is InChI=1S/C15H23NO2/c1-3-16-14(15-11-17-7-8-18-15)10-13-6-4-5-12(2)9-13/h4-6,9,14-16H,3,7-8,10-11H2,1-2H3. The highest BCUT2D eigenvalue weighted by molar-refractivity contribution is 5.23. The minimum absolute atomic E-state index is 0.166. The number of rotatable bonds is 5. The van der Waals surface area contributed by atoms with E-state index in [9.17, 15) is 0 Å². The molecule has 1 aliphatic rings. The highest BCUT2D eigenvalue weighted by Crippen LogP contribution is 2.13. The first-order valence-corrected chi connectivity index (χ1v) is 6.78. The van der Waals surface area contributed by atoms with E-state index in [1.54, 1.807) is 0 Å². The van der Waals surface area contributed by atoms with Gasteiger partial charge in [0.15, 0.2) is 0 Å². The van der Waals surface area contributed by atoms with Crippen LogP contribution in [0.25, 0.3) is 0 Å². The van der Waals surface area contributed by atoms with Crippen molar-refractivity contribution in [1.29, 1.82) is 0 Å². The Labute approximate surface area is 109 Å². The lowest BCUT2D eigenvalue weighted by atomic mass is 10.00. The maximum absolute atomic E-state index is 5.81.